The quantitative estimate of drug-likeness (QED) is 0.0900. The molecule has 13 heteroatoms. The van der Waals surface area contributed by atoms with E-state index in [4.69, 9.17) is 34.6 Å². The van der Waals surface area contributed by atoms with E-state index in [-0.39, 0.29) is 55.1 Å². The first-order chi connectivity index (χ1) is 21.1. The summed E-state index contributed by atoms with van der Waals surface area (Å²) in [6.07, 6.45) is 8.87. The van der Waals surface area contributed by atoms with E-state index in [0.29, 0.717) is 26.0 Å². The third kappa shape index (κ3) is 13.4. The third-order valence-electron chi connectivity index (χ3n) is 7.82. The highest BCUT2D eigenvalue weighted by atomic mass is 16.6. The molecule has 0 saturated carbocycles. The summed E-state index contributed by atoms with van der Waals surface area (Å²) in [5.74, 6) is -1.38. The molecule has 45 heavy (non-hydrogen) atoms. The molecule has 3 saturated heterocycles. The molecule has 0 aromatic carbocycles. The Morgan fingerprint density at radius 1 is 1.13 bits per heavy atom. The molecule has 3 fully saturated rings. The van der Waals surface area contributed by atoms with E-state index in [1.54, 1.807) is 13.0 Å². The molecule has 3 heterocycles. The molecular formula is C32H51N3O10. The molecule has 0 aromatic heterocycles. The second-order valence-corrected chi connectivity index (χ2v) is 12.0. The van der Waals surface area contributed by atoms with Gasteiger partial charge in [0.1, 0.15) is 23.9 Å². The Kier molecular flexibility index (Phi) is 15.4. The van der Waals surface area contributed by atoms with Gasteiger partial charge in [-0.05, 0) is 45.6 Å². The van der Waals surface area contributed by atoms with Crippen molar-refractivity contribution in [2.75, 3.05) is 19.7 Å². The molecule has 0 bridgehead atoms. The number of epoxide rings is 1. The molecule has 254 valence electrons. The van der Waals surface area contributed by atoms with E-state index in [9.17, 15) is 19.5 Å². The zero-order chi connectivity index (χ0) is 33.7. The van der Waals surface area contributed by atoms with E-state index in [1.165, 1.54) is 13.0 Å². The van der Waals surface area contributed by atoms with Crippen LogP contribution in [0.4, 0.5) is 0 Å². The van der Waals surface area contributed by atoms with Gasteiger partial charge in [-0.25, -0.2) is 0 Å². The number of allylic oxidation sites excluding steroid dienone is 2. The summed E-state index contributed by atoms with van der Waals surface area (Å²) in [4.78, 5) is 44.2. The summed E-state index contributed by atoms with van der Waals surface area (Å²) in [6, 6.07) is -0.123. The number of nitrogens with one attached hydrogen (secondary N) is 2. The van der Waals surface area contributed by atoms with E-state index < -0.39 is 35.9 Å². The van der Waals surface area contributed by atoms with Crippen molar-refractivity contribution in [2.45, 2.75) is 115 Å². The Morgan fingerprint density at radius 3 is 2.40 bits per heavy atom. The maximum atomic E-state index is 12.4. The van der Waals surface area contributed by atoms with Gasteiger partial charge in [-0.2, -0.15) is 0 Å². The summed E-state index contributed by atoms with van der Waals surface area (Å²) in [6.45, 7) is 11.3. The maximum absolute atomic E-state index is 12.4. The van der Waals surface area contributed by atoms with Gasteiger partial charge in [-0.15, -0.1) is 0 Å². The van der Waals surface area contributed by atoms with Gasteiger partial charge in [0.25, 0.3) is 5.97 Å². The molecule has 0 radical (unpaired) electrons. The predicted octanol–water partition coefficient (Wildman–Crippen LogP) is 1.53. The highest BCUT2D eigenvalue weighted by Crippen LogP contribution is 2.42. The first-order valence-corrected chi connectivity index (χ1v) is 15.5. The number of amides is 2. The lowest BCUT2D eigenvalue weighted by atomic mass is 9.87. The van der Waals surface area contributed by atoms with Crippen LogP contribution in [0.2, 0.25) is 0 Å². The van der Waals surface area contributed by atoms with Crippen LogP contribution in [0.25, 0.3) is 0 Å². The van der Waals surface area contributed by atoms with Crippen molar-refractivity contribution >= 4 is 23.8 Å². The van der Waals surface area contributed by atoms with Crippen LogP contribution in [0.3, 0.4) is 0 Å². The minimum Gasteiger partial charge on any atom is -0.481 e. The van der Waals surface area contributed by atoms with Crippen molar-refractivity contribution in [3.8, 4) is 0 Å². The van der Waals surface area contributed by atoms with Crippen LogP contribution in [0.5, 0.6) is 0 Å². The highest BCUT2D eigenvalue weighted by molar-refractivity contribution is 5.87. The van der Waals surface area contributed by atoms with Crippen LogP contribution in [-0.2, 0) is 38.1 Å². The summed E-state index contributed by atoms with van der Waals surface area (Å²) in [5, 5.41) is 24.1. The van der Waals surface area contributed by atoms with Gasteiger partial charge >= 0.3 is 5.97 Å². The maximum Gasteiger partial charge on any atom is 0.303 e. The lowest BCUT2D eigenvalue weighted by molar-refractivity contribution is -0.143. The number of aliphatic hydroxyl groups is 1. The molecule has 0 unspecified atom stereocenters. The standard InChI is InChI=1S/C30H47N3O8.C2H4O2/c1-18(7-10-26-29(37)30(17-38-30)15-23(41-26)16-32-27(35)12-13-31)6-9-25-19(2)14-24(21(4)40-25)33-28(36)11-8-20(3)39-22(5)34;1-2(3)4/h6-8,10-11,19-21,23-26,29,37H,9,12-17,31H2,1-5H3,(H,32,35)(H,33,36);1H3,(H,3,4)/b10-7+,11-8-,18-6+;/t19-,20-,21+,23-,24+,25-,26+,29+,30+;/m0./s1. The number of carbonyl (C=O) groups is 4. The van der Waals surface area contributed by atoms with Gasteiger partial charge in [0, 0.05) is 45.9 Å². The number of hydrogen-bond acceptors (Lipinski definition) is 10. The molecule has 3 aliphatic rings. The van der Waals surface area contributed by atoms with Crippen molar-refractivity contribution in [1.29, 1.82) is 0 Å². The largest absolute Gasteiger partial charge is 0.481 e. The molecule has 0 aliphatic carbocycles. The van der Waals surface area contributed by atoms with Crippen molar-refractivity contribution in [3.63, 3.8) is 0 Å². The van der Waals surface area contributed by atoms with E-state index in [0.717, 1.165) is 18.9 Å². The number of nitrogens with two attached hydrogens (primary N) is 1. The van der Waals surface area contributed by atoms with Crippen LogP contribution in [0.15, 0.2) is 36.0 Å². The number of carboxylic acid groups (broad SMARTS) is 1. The molecule has 6 N–H and O–H groups in total. The van der Waals surface area contributed by atoms with Crippen LogP contribution in [-0.4, -0.2) is 102 Å². The number of rotatable bonds is 12. The molecule has 1 spiro atoms. The van der Waals surface area contributed by atoms with Gasteiger partial charge in [0.15, 0.2) is 0 Å². The normalized spacial score (nSPS) is 32.0. The lowest BCUT2D eigenvalue weighted by Gasteiger charge is -2.39. The smallest absolute Gasteiger partial charge is 0.303 e. The van der Waals surface area contributed by atoms with Crippen LogP contribution in [0.1, 0.15) is 67.2 Å². The fraction of sp³-hybridized carbons (Fsp3) is 0.688. The second kappa shape index (κ2) is 18.1. The van der Waals surface area contributed by atoms with Gasteiger partial charge in [-0.1, -0.05) is 30.7 Å². The molecule has 3 rings (SSSR count). The number of aliphatic hydroxyl groups excluding tert-OH is 1. The van der Waals surface area contributed by atoms with E-state index >= 15 is 0 Å². The van der Waals surface area contributed by atoms with Crippen molar-refractivity contribution in [1.82, 2.24) is 10.6 Å². The molecule has 2 amide bonds. The van der Waals surface area contributed by atoms with Crippen molar-refractivity contribution < 1.29 is 48.3 Å². The third-order valence-corrected chi connectivity index (χ3v) is 7.82. The average Bonchev–Trinajstić information content (AvgIpc) is 3.72. The Bertz CT molecular complexity index is 1100. The topological polar surface area (TPSA) is 199 Å². The van der Waals surface area contributed by atoms with Gasteiger partial charge in [-0.3, -0.25) is 19.2 Å². The van der Waals surface area contributed by atoms with Crippen LogP contribution >= 0.6 is 0 Å². The Labute approximate surface area is 265 Å². The second-order valence-electron chi connectivity index (χ2n) is 12.0. The Balaban J connectivity index is 0.00000166. The highest BCUT2D eigenvalue weighted by Gasteiger charge is 2.58. The first-order valence-electron chi connectivity index (χ1n) is 15.5. The average molecular weight is 638 g/mol. The zero-order valence-corrected chi connectivity index (χ0v) is 27.2. The van der Waals surface area contributed by atoms with E-state index in [2.05, 4.69) is 23.6 Å². The fourth-order valence-corrected chi connectivity index (χ4v) is 5.33. The van der Waals surface area contributed by atoms with Crippen LogP contribution in [0, 0.1) is 5.92 Å². The fourth-order valence-electron chi connectivity index (χ4n) is 5.33. The molecule has 13 nitrogen and oxygen atoms in total. The molecule has 0 aromatic rings. The molecular weight excluding hydrogens is 586 g/mol. The summed E-state index contributed by atoms with van der Waals surface area (Å²) in [5.41, 5.74) is 5.84. The van der Waals surface area contributed by atoms with Gasteiger partial charge < -0.3 is 45.5 Å². The summed E-state index contributed by atoms with van der Waals surface area (Å²) < 4.78 is 23.0. The predicted molar refractivity (Wildman–Crippen MR) is 166 cm³/mol. The Hall–Kier alpha value is -3.10. The van der Waals surface area contributed by atoms with Crippen LogP contribution < -0.4 is 16.4 Å². The molecule has 3 aliphatic heterocycles. The SMILES string of the molecule is CC(=O)O.CC(=O)O[C@@H](C)/C=C\C(=O)N[C@@H]1C[C@H](C)[C@H](C/C=C(C)/C=C/[C@H]2O[C@H](CNC(=O)CCN)C[C@@]3(CO3)[C@@H]2O)O[C@@H]1C. The number of carbonyl (C=O) groups excluding carboxylic acids is 3. The summed E-state index contributed by atoms with van der Waals surface area (Å²) in [7, 11) is 0. The monoisotopic (exact) mass is 637 g/mol. The minimum atomic E-state index is -0.833. The van der Waals surface area contributed by atoms with E-state index in [1.807, 2.05) is 26.0 Å². The first kappa shape index (κ1) is 38.1. The Morgan fingerprint density at radius 2 is 1.80 bits per heavy atom. The van der Waals surface area contributed by atoms with Gasteiger partial charge in [0.2, 0.25) is 11.8 Å². The number of aliphatic carboxylic acids is 1. The summed E-state index contributed by atoms with van der Waals surface area (Å²) >= 11 is 0. The van der Waals surface area contributed by atoms with Crippen molar-refractivity contribution in [3.05, 3.63) is 36.0 Å². The van der Waals surface area contributed by atoms with Gasteiger partial charge in [0.05, 0.1) is 31.0 Å². The molecule has 9 atom stereocenters. The zero-order valence-electron chi connectivity index (χ0n) is 27.2. The lowest BCUT2D eigenvalue weighted by Crippen LogP contribution is -2.52. The number of esters is 1. The number of carboxylic acids is 1. The van der Waals surface area contributed by atoms with Crippen molar-refractivity contribution in [2.24, 2.45) is 11.7 Å². The minimum absolute atomic E-state index is 0.00204. The number of hydrogen-bond donors (Lipinski definition) is 5. The number of ether oxygens (including phenoxy) is 4.